The lowest BCUT2D eigenvalue weighted by atomic mass is 9.92. The predicted molar refractivity (Wildman–Crippen MR) is 98.5 cm³/mol. The van der Waals surface area contributed by atoms with Gasteiger partial charge in [0.05, 0.1) is 5.69 Å². The van der Waals surface area contributed by atoms with Gasteiger partial charge in [-0.25, -0.2) is 13.6 Å². The van der Waals surface area contributed by atoms with Crippen molar-refractivity contribution in [1.29, 1.82) is 0 Å². The van der Waals surface area contributed by atoms with Crippen molar-refractivity contribution in [2.45, 2.75) is 25.8 Å². The van der Waals surface area contributed by atoms with Crippen LogP contribution in [0.15, 0.2) is 36.5 Å². The Labute approximate surface area is 157 Å². The summed E-state index contributed by atoms with van der Waals surface area (Å²) in [5.41, 5.74) is 1.54. The first kappa shape index (κ1) is 19.2. The topological polar surface area (TPSA) is 56.7 Å². The van der Waals surface area contributed by atoms with Crippen molar-refractivity contribution in [1.82, 2.24) is 14.8 Å². The average Bonchev–Trinajstić information content (AvgIpc) is 2.61. The molecule has 0 bridgehead atoms. The molecule has 1 aliphatic rings. The summed E-state index contributed by atoms with van der Waals surface area (Å²) in [6.07, 6.45) is 1.46. The number of aromatic nitrogens is 1. The van der Waals surface area contributed by atoms with Gasteiger partial charge in [0.15, 0.2) is 0 Å². The molecule has 3 rings (SSSR count). The summed E-state index contributed by atoms with van der Waals surface area (Å²) in [5, 5.41) is 9.09. The molecule has 5 nitrogen and oxygen atoms in total. The maximum atomic E-state index is 14.1. The lowest BCUT2D eigenvalue weighted by Gasteiger charge is -2.43. The molecule has 0 atom stereocenters. The molecular formula is C20H23F2N3O2. The predicted octanol–water partition coefficient (Wildman–Crippen LogP) is 3.64. The number of carbonyl (C=O) groups is 1. The Balaban J connectivity index is 1.74. The largest absolute Gasteiger partial charge is 0.465 e. The summed E-state index contributed by atoms with van der Waals surface area (Å²) in [5.74, 6) is -1.25. The zero-order valence-corrected chi connectivity index (χ0v) is 15.5. The molecule has 2 heterocycles. The first-order valence-corrected chi connectivity index (χ1v) is 8.89. The fourth-order valence-corrected chi connectivity index (χ4v) is 3.54. The van der Waals surface area contributed by atoms with Crippen LogP contribution in [0.1, 0.15) is 19.4 Å². The molecule has 144 valence electrons. The number of halogens is 2. The van der Waals surface area contributed by atoms with Crippen molar-refractivity contribution in [2.75, 3.05) is 26.2 Å². The van der Waals surface area contributed by atoms with Crippen molar-refractivity contribution in [3.05, 3.63) is 53.7 Å². The van der Waals surface area contributed by atoms with E-state index in [9.17, 15) is 13.6 Å². The van der Waals surface area contributed by atoms with Crippen molar-refractivity contribution in [3.8, 4) is 11.3 Å². The zero-order chi connectivity index (χ0) is 19.6. The molecule has 2 aromatic rings. The number of carboxylic acid groups (broad SMARTS) is 1. The normalized spacial score (nSPS) is 15.8. The summed E-state index contributed by atoms with van der Waals surface area (Å²) in [6.45, 7) is 6.54. The lowest BCUT2D eigenvalue weighted by molar-refractivity contribution is 0.0515. The van der Waals surface area contributed by atoms with Gasteiger partial charge in [-0.05, 0) is 50.1 Å². The van der Waals surface area contributed by atoms with Crippen LogP contribution in [0.25, 0.3) is 11.3 Å². The van der Waals surface area contributed by atoms with Crippen LogP contribution in [0.3, 0.4) is 0 Å². The Hall–Kier alpha value is -2.54. The highest BCUT2D eigenvalue weighted by molar-refractivity contribution is 5.65. The molecule has 0 saturated carbocycles. The van der Waals surface area contributed by atoms with Crippen LogP contribution in [-0.2, 0) is 6.42 Å². The van der Waals surface area contributed by atoms with Gasteiger partial charge in [-0.15, -0.1) is 0 Å². The molecule has 0 aliphatic carbocycles. The Morgan fingerprint density at radius 3 is 2.48 bits per heavy atom. The molecule has 0 radical (unpaired) electrons. The van der Waals surface area contributed by atoms with Crippen LogP contribution in [0.5, 0.6) is 0 Å². The van der Waals surface area contributed by atoms with Crippen LogP contribution < -0.4 is 0 Å². The minimum atomic E-state index is -0.882. The van der Waals surface area contributed by atoms with Gasteiger partial charge in [0.25, 0.3) is 0 Å². The van der Waals surface area contributed by atoms with Crippen molar-refractivity contribution in [2.24, 2.45) is 0 Å². The smallest absolute Gasteiger partial charge is 0.407 e. The number of hydrogen-bond acceptors (Lipinski definition) is 3. The second kappa shape index (κ2) is 7.60. The summed E-state index contributed by atoms with van der Waals surface area (Å²) < 4.78 is 27.2. The molecular weight excluding hydrogens is 352 g/mol. The SMILES string of the molecule is CC(C)(Cc1ccnc(-c2ccc(F)cc2F)c1)N1CCN(C(=O)O)CC1. The standard InChI is InChI=1S/C20H23F2N3O2/c1-20(2,25-9-7-24(8-10-25)19(26)27)13-14-5-6-23-18(11-14)16-4-3-15(21)12-17(16)22/h3-6,11-12H,7-10,13H2,1-2H3,(H,26,27). The zero-order valence-electron chi connectivity index (χ0n) is 15.5. The summed E-state index contributed by atoms with van der Waals surface area (Å²) >= 11 is 0. The third kappa shape index (κ3) is 4.42. The number of nitrogens with zero attached hydrogens (tertiary/aromatic N) is 3. The molecule has 1 N–H and O–H groups in total. The Morgan fingerprint density at radius 1 is 1.15 bits per heavy atom. The molecule has 0 unspecified atom stereocenters. The van der Waals surface area contributed by atoms with E-state index in [1.807, 2.05) is 12.1 Å². The minimum absolute atomic E-state index is 0.190. The first-order chi connectivity index (χ1) is 12.8. The Kier molecular flexibility index (Phi) is 5.41. The highest BCUT2D eigenvalue weighted by Crippen LogP contribution is 2.26. The third-order valence-electron chi connectivity index (χ3n) is 5.07. The van der Waals surface area contributed by atoms with Crippen LogP contribution in [0.2, 0.25) is 0 Å². The molecule has 7 heteroatoms. The fourth-order valence-electron chi connectivity index (χ4n) is 3.54. The molecule has 1 aromatic heterocycles. The number of hydrogen-bond donors (Lipinski definition) is 1. The number of rotatable bonds is 4. The minimum Gasteiger partial charge on any atom is -0.465 e. The van der Waals surface area contributed by atoms with Crippen LogP contribution in [0, 0.1) is 11.6 Å². The van der Waals surface area contributed by atoms with Crippen LogP contribution >= 0.6 is 0 Å². The number of amides is 1. The molecule has 1 saturated heterocycles. The van der Waals surface area contributed by atoms with E-state index in [0.29, 0.717) is 38.3 Å². The molecule has 1 aromatic carbocycles. The van der Waals surface area contributed by atoms with E-state index in [-0.39, 0.29) is 11.1 Å². The van der Waals surface area contributed by atoms with Gasteiger partial charge in [-0.2, -0.15) is 0 Å². The van der Waals surface area contributed by atoms with E-state index in [1.165, 1.54) is 17.0 Å². The summed E-state index contributed by atoms with van der Waals surface area (Å²) in [7, 11) is 0. The molecule has 1 amide bonds. The van der Waals surface area contributed by atoms with Gasteiger partial charge in [-0.1, -0.05) is 0 Å². The fraction of sp³-hybridized carbons (Fsp3) is 0.400. The summed E-state index contributed by atoms with van der Waals surface area (Å²) in [4.78, 5) is 19.0. The Bertz CT molecular complexity index is 834. The molecule has 0 spiro atoms. The summed E-state index contributed by atoms with van der Waals surface area (Å²) in [6, 6.07) is 7.19. The first-order valence-electron chi connectivity index (χ1n) is 8.89. The maximum Gasteiger partial charge on any atom is 0.407 e. The maximum absolute atomic E-state index is 14.1. The van der Waals surface area contributed by atoms with Gasteiger partial charge in [0.1, 0.15) is 11.6 Å². The second-order valence-corrected chi connectivity index (χ2v) is 7.42. The van der Waals surface area contributed by atoms with E-state index in [2.05, 4.69) is 23.7 Å². The quantitative estimate of drug-likeness (QED) is 0.886. The molecule has 1 aliphatic heterocycles. The molecule has 27 heavy (non-hydrogen) atoms. The van der Waals surface area contributed by atoms with E-state index in [0.717, 1.165) is 11.6 Å². The van der Waals surface area contributed by atoms with E-state index < -0.39 is 17.7 Å². The Morgan fingerprint density at radius 2 is 1.85 bits per heavy atom. The van der Waals surface area contributed by atoms with E-state index in [1.54, 1.807) is 6.20 Å². The average molecular weight is 375 g/mol. The highest BCUT2D eigenvalue weighted by atomic mass is 19.1. The number of benzene rings is 1. The monoisotopic (exact) mass is 375 g/mol. The number of pyridine rings is 1. The van der Waals surface area contributed by atoms with E-state index >= 15 is 0 Å². The second-order valence-electron chi connectivity index (χ2n) is 7.42. The lowest BCUT2D eigenvalue weighted by Crippen LogP contribution is -2.56. The van der Waals surface area contributed by atoms with Crippen LogP contribution in [-0.4, -0.2) is 57.7 Å². The van der Waals surface area contributed by atoms with Crippen molar-refractivity contribution < 1.29 is 18.7 Å². The van der Waals surface area contributed by atoms with Gasteiger partial charge in [0.2, 0.25) is 0 Å². The van der Waals surface area contributed by atoms with Crippen molar-refractivity contribution >= 4 is 6.09 Å². The van der Waals surface area contributed by atoms with Gasteiger partial charge < -0.3 is 10.0 Å². The van der Waals surface area contributed by atoms with E-state index in [4.69, 9.17) is 5.11 Å². The molecule has 1 fully saturated rings. The van der Waals surface area contributed by atoms with Crippen LogP contribution in [0.4, 0.5) is 13.6 Å². The van der Waals surface area contributed by atoms with Gasteiger partial charge in [-0.3, -0.25) is 9.88 Å². The van der Waals surface area contributed by atoms with Gasteiger partial charge >= 0.3 is 6.09 Å². The van der Waals surface area contributed by atoms with Crippen molar-refractivity contribution in [3.63, 3.8) is 0 Å². The highest BCUT2D eigenvalue weighted by Gasteiger charge is 2.31. The number of piperazine rings is 1. The van der Waals surface area contributed by atoms with Gasteiger partial charge in [0, 0.05) is 49.5 Å². The third-order valence-corrected chi connectivity index (χ3v) is 5.07.